The average Bonchev–Trinajstić information content (AvgIpc) is 2.23. The first-order valence-corrected chi connectivity index (χ1v) is 6.64. The number of nitrogens with one attached hydrogen (secondary N) is 3. The highest BCUT2D eigenvalue weighted by Crippen LogP contribution is 2.15. The molecule has 5 heteroatoms. The van der Waals surface area contributed by atoms with Gasteiger partial charge in [0.15, 0.2) is 0 Å². The van der Waals surface area contributed by atoms with Crippen LogP contribution in [0.15, 0.2) is 0 Å². The van der Waals surface area contributed by atoms with E-state index in [0.717, 1.165) is 25.9 Å². The largest absolute Gasteiger partial charge is 0.355 e. The van der Waals surface area contributed by atoms with E-state index in [1.807, 2.05) is 0 Å². The third kappa shape index (κ3) is 7.19. The van der Waals surface area contributed by atoms with Gasteiger partial charge in [0.1, 0.15) is 0 Å². The van der Waals surface area contributed by atoms with Gasteiger partial charge in [-0.05, 0) is 47.1 Å². The number of halogens is 1. The molecule has 0 aliphatic carbocycles. The van der Waals surface area contributed by atoms with E-state index in [4.69, 9.17) is 0 Å². The highest BCUT2D eigenvalue weighted by molar-refractivity contribution is 5.85. The number of rotatable bonds is 4. The molecule has 0 spiro atoms. The van der Waals surface area contributed by atoms with E-state index in [2.05, 4.69) is 43.6 Å². The summed E-state index contributed by atoms with van der Waals surface area (Å²) in [4.78, 5) is 11.9. The summed E-state index contributed by atoms with van der Waals surface area (Å²) in [5.41, 5.74) is 0.119. The van der Waals surface area contributed by atoms with Crippen molar-refractivity contribution in [1.82, 2.24) is 16.0 Å². The van der Waals surface area contributed by atoms with E-state index >= 15 is 0 Å². The quantitative estimate of drug-likeness (QED) is 0.679. The second kappa shape index (κ2) is 7.97. The molecular weight excluding hydrogens is 250 g/mol. The Morgan fingerprint density at radius 3 is 2.56 bits per heavy atom. The highest BCUT2D eigenvalue weighted by atomic mass is 35.5. The first-order valence-electron chi connectivity index (χ1n) is 6.64. The van der Waals surface area contributed by atoms with Gasteiger partial charge in [-0.25, -0.2) is 0 Å². The van der Waals surface area contributed by atoms with Crippen LogP contribution >= 0.6 is 12.4 Å². The second-order valence-corrected chi connectivity index (χ2v) is 6.04. The molecule has 3 N–H and O–H groups in total. The van der Waals surface area contributed by atoms with Crippen molar-refractivity contribution < 1.29 is 4.79 Å². The summed E-state index contributed by atoms with van der Waals surface area (Å²) in [7, 11) is 0. The van der Waals surface area contributed by atoms with Crippen LogP contribution < -0.4 is 16.0 Å². The molecule has 1 rings (SSSR count). The van der Waals surface area contributed by atoms with Crippen LogP contribution in [0.4, 0.5) is 0 Å². The van der Waals surface area contributed by atoms with Crippen molar-refractivity contribution in [2.45, 2.75) is 52.1 Å². The van der Waals surface area contributed by atoms with Crippen LogP contribution in [0.3, 0.4) is 0 Å². The molecule has 0 aromatic heterocycles. The van der Waals surface area contributed by atoms with Crippen LogP contribution in [-0.2, 0) is 4.79 Å². The van der Waals surface area contributed by atoms with Crippen LogP contribution in [0.2, 0.25) is 0 Å². The first-order chi connectivity index (χ1) is 7.88. The van der Waals surface area contributed by atoms with Gasteiger partial charge in [0.05, 0.1) is 0 Å². The third-order valence-corrected chi connectivity index (χ3v) is 3.07. The van der Waals surface area contributed by atoms with Gasteiger partial charge >= 0.3 is 0 Å². The van der Waals surface area contributed by atoms with Crippen LogP contribution in [0.5, 0.6) is 0 Å². The van der Waals surface area contributed by atoms with Crippen molar-refractivity contribution in [3.63, 3.8) is 0 Å². The van der Waals surface area contributed by atoms with Crippen LogP contribution in [0.1, 0.15) is 40.5 Å². The zero-order valence-corrected chi connectivity index (χ0v) is 12.8. The zero-order valence-electron chi connectivity index (χ0n) is 12.0. The molecule has 1 heterocycles. The monoisotopic (exact) mass is 277 g/mol. The Bertz CT molecular complexity index is 253. The Morgan fingerprint density at radius 1 is 1.33 bits per heavy atom. The minimum absolute atomic E-state index is 0. The summed E-state index contributed by atoms with van der Waals surface area (Å²) in [6.45, 7) is 11.0. The molecule has 1 aliphatic heterocycles. The molecule has 4 nitrogen and oxygen atoms in total. The summed E-state index contributed by atoms with van der Waals surface area (Å²) in [6, 6.07) is 0.465. The van der Waals surface area contributed by atoms with E-state index in [1.54, 1.807) is 0 Å². The fraction of sp³-hybridized carbons (Fsp3) is 0.923. The van der Waals surface area contributed by atoms with Gasteiger partial charge in [0, 0.05) is 30.6 Å². The molecule has 1 saturated heterocycles. The lowest BCUT2D eigenvalue weighted by molar-refractivity contribution is -0.126. The Kier molecular flexibility index (Phi) is 7.83. The van der Waals surface area contributed by atoms with Crippen LogP contribution in [-0.4, -0.2) is 37.1 Å². The van der Waals surface area contributed by atoms with Crippen molar-refractivity contribution in [3.05, 3.63) is 0 Å². The van der Waals surface area contributed by atoms with Crippen molar-refractivity contribution >= 4 is 18.3 Å². The Morgan fingerprint density at radius 2 is 2.00 bits per heavy atom. The molecule has 0 unspecified atom stereocenters. The first kappa shape index (κ1) is 17.7. The van der Waals surface area contributed by atoms with E-state index in [9.17, 15) is 4.79 Å². The lowest BCUT2D eigenvalue weighted by Crippen LogP contribution is -2.45. The van der Waals surface area contributed by atoms with Crippen molar-refractivity contribution in [2.75, 3.05) is 19.6 Å². The summed E-state index contributed by atoms with van der Waals surface area (Å²) in [6.07, 6.45) is 1.92. The average molecular weight is 278 g/mol. The molecule has 0 bridgehead atoms. The molecule has 0 radical (unpaired) electrons. The minimum Gasteiger partial charge on any atom is -0.355 e. The molecule has 18 heavy (non-hydrogen) atoms. The third-order valence-electron chi connectivity index (χ3n) is 3.07. The zero-order chi connectivity index (χ0) is 12.9. The Labute approximate surface area is 117 Å². The van der Waals surface area contributed by atoms with Gasteiger partial charge in [-0.3, -0.25) is 4.79 Å². The lowest BCUT2D eigenvalue weighted by Gasteiger charge is -2.27. The summed E-state index contributed by atoms with van der Waals surface area (Å²) < 4.78 is 0. The Balaban J connectivity index is 0.00000289. The molecule has 1 amide bonds. The van der Waals surface area contributed by atoms with Crippen molar-refractivity contribution in [2.24, 2.45) is 5.92 Å². The molecule has 0 aromatic rings. The molecule has 0 aromatic carbocycles. The number of carbonyl (C=O) groups excluding carboxylic acids is 1. The van der Waals surface area contributed by atoms with E-state index in [-0.39, 0.29) is 29.8 Å². The van der Waals surface area contributed by atoms with Crippen molar-refractivity contribution in [3.8, 4) is 0 Å². The molecule has 0 saturated carbocycles. The fourth-order valence-corrected chi connectivity index (χ4v) is 2.14. The molecular formula is C13H28ClN3O. The number of carbonyl (C=O) groups is 1. The standard InChI is InChI=1S/C13H27N3O.ClH/c1-10-9-11(5-6-14-10)12(17)15-7-8-16-13(2,3)4;/h10-11,14,16H,5-9H2,1-4H3,(H,15,17);1H/t10-,11-;/m0./s1. The number of hydrogen-bond acceptors (Lipinski definition) is 3. The van der Waals surface area contributed by atoms with Gasteiger partial charge < -0.3 is 16.0 Å². The van der Waals surface area contributed by atoms with E-state index in [1.165, 1.54) is 0 Å². The topological polar surface area (TPSA) is 53.2 Å². The van der Waals surface area contributed by atoms with E-state index < -0.39 is 0 Å². The maximum Gasteiger partial charge on any atom is 0.223 e. The summed E-state index contributed by atoms with van der Waals surface area (Å²) >= 11 is 0. The summed E-state index contributed by atoms with van der Waals surface area (Å²) in [5, 5.41) is 9.74. The number of amides is 1. The highest BCUT2D eigenvalue weighted by Gasteiger charge is 2.24. The molecule has 1 aliphatic rings. The van der Waals surface area contributed by atoms with Crippen molar-refractivity contribution in [1.29, 1.82) is 0 Å². The maximum atomic E-state index is 11.9. The molecule has 108 valence electrons. The van der Waals surface area contributed by atoms with Gasteiger partial charge in [0.2, 0.25) is 5.91 Å². The number of piperidine rings is 1. The second-order valence-electron chi connectivity index (χ2n) is 6.04. The number of hydrogen-bond donors (Lipinski definition) is 3. The minimum atomic E-state index is 0. The van der Waals surface area contributed by atoms with Gasteiger partial charge in [0.25, 0.3) is 0 Å². The summed E-state index contributed by atoms with van der Waals surface area (Å²) in [5.74, 6) is 0.412. The fourth-order valence-electron chi connectivity index (χ4n) is 2.14. The normalized spacial score (nSPS) is 24.2. The van der Waals surface area contributed by atoms with Gasteiger partial charge in [-0.1, -0.05) is 0 Å². The predicted molar refractivity (Wildman–Crippen MR) is 78.2 cm³/mol. The molecule has 1 fully saturated rings. The smallest absolute Gasteiger partial charge is 0.223 e. The maximum absolute atomic E-state index is 11.9. The van der Waals surface area contributed by atoms with Gasteiger partial charge in [-0.15, -0.1) is 12.4 Å². The Hall–Kier alpha value is -0.320. The van der Waals surface area contributed by atoms with Crippen LogP contribution in [0.25, 0.3) is 0 Å². The SMILES string of the molecule is C[C@H]1C[C@@H](C(=O)NCCNC(C)(C)C)CCN1.Cl. The lowest BCUT2D eigenvalue weighted by atomic mass is 9.92. The molecule has 2 atom stereocenters. The van der Waals surface area contributed by atoms with Gasteiger partial charge in [-0.2, -0.15) is 0 Å². The van der Waals surface area contributed by atoms with Crippen LogP contribution in [0, 0.1) is 5.92 Å². The van der Waals surface area contributed by atoms with E-state index in [0.29, 0.717) is 12.6 Å². The predicted octanol–water partition coefficient (Wildman–Crippen LogP) is 1.30.